The van der Waals surface area contributed by atoms with Gasteiger partial charge in [0.05, 0.1) is 0 Å². The lowest BCUT2D eigenvalue weighted by Crippen LogP contribution is -2.13. The highest BCUT2D eigenvalue weighted by Crippen LogP contribution is 2.27. The SMILES string of the molecule is COCCC(C)=C1CCC(N)C1. The van der Waals surface area contributed by atoms with Crippen LogP contribution in [-0.2, 0) is 4.74 Å². The molecule has 0 heterocycles. The second-order valence-electron chi connectivity index (χ2n) is 3.63. The van der Waals surface area contributed by atoms with Gasteiger partial charge in [0.15, 0.2) is 0 Å². The van der Waals surface area contributed by atoms with E-state index in [2.05, 4.69) is 6.92 Å². The fourth-order valence-electron chi connectivity index (χ4n) is 1.70. The van der Waals surface area contributed by atoms with E-state index in [1.807, 2.05) is 0 Å². The summed E-state index contributed by atoms with van der Waals surface area (Å²) in [5.74, 6) is 0. The van der Waals surface area contributed by atoms with E-state index in [-0.39, 0.29) is 0 Å². The average Bonchev–Trinajstić information content (AvgIpc) is 2.47. The van der Waals surface area contributed by atoms with Crippen LogP contribution < -0.4 is 5.73 Å². The number of hydrogen-bond acceptors (Lipinski definition) is 2. The van der Waals surface area contributed by atoms with Gasteiger partial charge in [0.2, 0.25) is 0 Å². The topological polar surface area (TPSA) is 35.2 Å². The lowest BCUT2D eigenvalue weighted by molar-refractivity contribution is 0.202. The summed E-state index contributed by atoms with van der Waals surface area (Å²) in [5, 5.41) is 0. The summed E-state index contributed by atoms with van der Waals surface area (Å²) in [7, 11) is 1.75. The number of methoxy groups -OCH3 is 1. The molecule has 0 saturated heterocycles. The van der Waals surface area contributed by atoms with E-state index in [1.165, 1.54) is 18.4 Å². The summed E-state index contributed by atoms with van der Waals surface area (Å²) in [6.45, 7) is 3.04. The van der Waals surface area contributed by atoms with Crippen molar-refractivity contribution in [1.29, 1.82) is 0 Å². The predicted octanol–water partition coefficient (Wildman–Crippen LogP) is 1.85. The van der Waals surface area contributed by atoms with Crippen LogP contribution in [0.25, 0.3) is 0 Å². The molecule has 12 heavy (non-hydrogen) atoms. The molecule has 2 nitrogen and oxygen atoms in total. The van der Waals surface area contributed by atoms with E-state index in [1.54, 1.807) is 12.7 Å². The van der Waals surface area contributed by atoms with Crippen molar-refractivity contribution in [1.82, 2.24) is 0 Å². The third kappa shape index (κ3) is 2.61. The zero-order chi connectivity index (χ0) is 8.97. The first-order valence-electron chi connectivity index (χ1n) is 4.66. The van der Waals surface area contributed by atoms with Gasteiger partial charge in [0, 0.05) is 19.8 Å². The number of nitrogens with two attached hydrogens (primary N) is 1. The van der Waals surface area contributed by atoms with E-state index in [0.717, 1.165) is 19.4 Å². The Morgan fingerprint density at radius 1 is 1.67 bits per heavy atom. The van der Waals surface area contributed by atoms with Crippen LogP contribution in [0.4, 0.5) is 0 Å². The summed E-state index contributed by atoms with van der Waals surface area (Å²) < 4.78 is 5.03. The minimum atomic E-state index is 0.414. The highest BCUT2D eigenvalue weighted by atomic mass is 16.5. The van der Waals surface area contributed by atoms with Crippen LogP contribution in [-0.4, -0.2) is 19.8 Å². The largest absolute Gasteiger partial charge is 0.384 e. The molecule has 2 N–H and O–H groups in total. The molecule has 1 atom stereocenters. The molecule has 0 bridgehead atoms. The number of rotatable bonds is 3. The first kappa shape index (κ1) is 9.75. The van der Waals surface area contributed by atoms with Crippen LogP contribution in [0.2, 0.25) is 0 Å². The van der Waals surface area contributed by atoms with E-state index >= 15 is 0 Å². The molecule has 0 aliphatic heterocycles. The van der Waals surface area contributed by atoms with Crippen LogP contribution in [0.3, 0.4) is 0 Å². The summed E-state index contributed by atoms with van der Waals surface area (Å²) in [6, 6.07) is 0.414. The first-order valence-corrected chi connectivity index (χ1v) is 4.66. The minimum Gasteiger partial charge on any atom is -0.384 e. The van der Waals surface area contributed by atoms with Crippen LogP contribution in [0, 0.1) is 0 Å². The summed E-state index contributed by atoms with van der Waals surface area (Å²) >= 11 is 0. The first-order chi connectivity index (χ1) is 5.74. The van der Waals surface area contributed by atoms with Crippen LogP contribution >= 0.6 is 0 Å². The Hall–Kier alpha value is -0.340. The molecule has 1 aliphatic rings. The Kier molecular flexibility index (Phi) is 3.76. The summed E-state index contributed by atoms with van der Waals surface area (Å²) in [4.78, 5) is 0. The summed E-state index contributed by atoms with van der Waals surface area (Å²) in [6.07, 6.45) is 4.55. The van der Waals surface area contributed by atoms with Gasteiger partial charge in [-0.3, -0.25) is 0 Å². The zero-order valence-corrected chi connectivity index (χ0v) is 8.10. The lowest BCUT2D eigenvalue weighted by Gasteiger charge is -2.05. The third-order valence-corrected chi connectivity index (χ3v) is 2.61. The van der Waals surface area contributed by atoms with Crippen molar-refractivity contribution in [3.63, 3.8) is 0 Å². The van der Waals surface area contributed by atoms with Crippen molar-refractivity contribution in [2.75, 3.05) is 13.7 Å². The third-order valence-electron chi connectivity index (χ3n) is 2.61. The smallest absolute Gasteiger partial charge is 0.0499 e. The molecule has 2 heteroatoms. The average molecular weight is 169 g/mol. The van der Waals surface area contributed by atoms with Gasteiger partial charge in [-0.2, -0.15) is 0 Å². The maximum Gasteiger partial charge on any atom is 0.0499 e. The van der Waals surface area contributed by atoms with Crippen molar-refractivity contribution in [3.05, 3.63) is 11.1 Å². The predicted molar refractivity (Wildman–Crippen MR) is 51.0 cm³/mol. The molecule has 0 spiro atoms. The van der Waals surface area contributed by atoms with Crippen molar-refractivity contribution in [2.45, 2.75) is 38.6 Å². The molecular weight excluding hydrogens is 150 g/mol. The molecule has 1 unspecified atom stereocenters. The van der Waals surface area contributed by atoms with Crippen molar-refractivity contribution in [2.24, 2.45) is 5.73 Å². The van der Waals surface area contributed by atoms with Gasteiger partial charge in [-0.05, 0) is 32.6 Å². The Labute approximate surface area is 74.8 Å². The van der Waals surface area contributed by atoms with Gasteiger partial charge in [0.25, 0.3) is 0 Å². The van der Waals surface area contributed by atoms with Crippen LogP contribution in [0.15, 0.2) is 11.1 Å². The maximum atomic E-state index is 5.83. The van der Waals surface area contributed by atoms with E-state index in [4.69, 9.17) is 10.5 Å². The molecule has 1 rings (SSSR count). The number of ether oxygens (including phenoxy) is 1. The van der Waals surface area contributed by atoms with Crippen molar-refractivity contribution < 1.29 is 4.74 Å². The molecule has 0 amide bonds. The Balaban J connectivity index is 2.41. The van der Waals surface area contributed by atoms with Gasteiger partial charge in [-0.1, -0.05) is 11.1 Å². The van der Waals surface area contributed by atoms with E-state index in [0.29, 0.717) is 6.04 Å². The molecule has 70 valence electrons. The maximum absolute atomic E-state index is 5.83. The molecule has 0 aromatic heterocycles. The van der Waals surface area contributed by atoms with Crippen LogP contribution in [0.1, 0.15) is 32.6 Å². The molecule has 1 aliphatic carbocycles. The normalized spacial score (nSPS) is 27.8. The highest BCUT2D eigenvalue weighted by molar-refractivity contribution is 5.17. The van der Waals surface area contributed by atoms with Crippen molar-refractivity contribution in [3.8, 4) is 0 Å². The second-order valence-corrected chi connectivity index (χ2v) is 3.63. The molecule has 0 aromatic carbocycles. The quantitative estimate of drug-likeness (QED) is 0.654. The second kappa shape index (κ2) is 4.63. The molecule has 0 radical (unpaired) electrons. The van der Waals surface area contributed by atoms with Gasteiger partial charge < -0.3 is 10.5 Å². The Morgan fingerprint density at radius 3 is 2.92 bits per heavy atom. The van der Waals surface area contributed by atoms with Gasteiger partial charge in [0.1, 0.15) is 0 Å². The molecule has 1 saturated carbocycles. The van der Waals surface area contributed by atoms with Crippen molar-refractivity contribution >= 4 is 0 Å². The number of hydrogen-bond donors (Lipinski definition) is 1. The van der Waals surface area contributed by atoms with Gasteiger partial charge in [-0.25, -0.2) is 0 Å². The minimum absolute atomic E-state index is 0.414. The van der Waals surface area contributed by atoms with E-state index < -0.39 is 0 Å². The fraction of sp³-hybridized carbons (Fsp3) is 0.800. The van der Waals surface area contributed by atoms with E-state index in [9.17, 15) is 0 Å². The Morgan fingerprint density at radius 2 is 2.42 bits per heavy atom. The van der Waals surface area contributed by atoms with Crippen LogP contribution in [0.5, 0.6) is 0 Å². The van der Waals surface area contributed by atoms with Gasteiger partial charge >= 0.3 is 0 Å². The molecule has 1 fully saturated rings. The standard InChI is InChI=1S/C10H19NO/c1-8(5-6-12-2)9-3-4-10(11)7-9/h10H,3-7,11H2,1-2H3. The fourth-order valence-corrected chi connectivity index (χ4v) is 1.70. The Bertz CT molecular complexity index is 175. The molecule has 0 aromatic rings. The zero-order valence-electron chi connectivity index (χ0n) is 8.10. The van der Waals surface area contributed by atoms with Gasteiger partial charge in [-0.15, -0.1) is 0 Å². The molecular formula is C10H19NO. The monoisotopic (exact) mass is 169 g/mol. The lowest BCUT2D eigenvalue weighted by atomic mass is 10.1. The summed E-state index contributed by atoms with van der Waals surface area (Å²) in [5.41, 5.74) is 8.89. The highest BCUT2D eigenvalue weighted by Gasteiger charge is 2.16.